The molecular formula is C7H4N2. The summed E-state index contributed by atoms with van der Waals surface area (Å²) in [5.74, 6) is 0. The highest BCUT2D eigenvalue weighted by molar-refractivity contribution is 5.34. The number of rotatable bonds is 0. The highest BCUT2D eigenvalue weighted by Gasteiger charge is 1.84. The number of pyridine rings is 1. The van der Waals surface area contributed by atoms with E-state index in [1.807, 2.05) is 24.4 Å². The molecule has 2 heterocycles. The van der Waals surface area contributed by atoms with Gasteiger partial charge in [0.2, 0.25) is 0 Å². The summed E-state index contributed by atoms with van der Waals surface area (Å²) in [5, 5.41) is 0. The average Bonchev–Trinajstić information content (AvgIpc) is 2.33. The third kappa shape index (κ3) is 0.550. The van der Waals surface area contributed by atoms with Crippen molar-refractivity contribution >= 4 is 5.65 Å². The van der Waals surface area contributed by atoms with Crippen molar-refractivity contribution in [1.82, 2.24) is 9.38 Å². The molecule has 0 bridgehead atoms. The molecule has 2 aromatic rings. The maximum Gasteiger partial charge on any atom is 0.154 e. The Morgan fingerprint density at radius 2 is 2.44 bits per heavy atom. The van der Waals surface area contributed by atoms with Gasteiger partial charge < -0.3 is 0 Å². The zero-order valence-electron chi connectivity index (χ0n) is 4.70. The maximum atomic E-state index is 3.90. The predicted molar refractivity (Wildman–Crippen MR) is 32.9 cm³/mol. The zero-order chi connectivity index (χ0) is 6.10. The first kappa shape index (κ1) is 4.39. The van der Waals surface area contributed by atoms with Gasteiger partial charge in [0.25, 0.3) is 0 Å². The van der Waals surface area contributed by atoms with E-state index in [4.69, 9.17) is 0 Å². The molecule has 0 aromatic carbocycles. The molecule has 0 fully saturated rings. The minimum atomic E-state index is 0.887. The van der Waals surface area contributed by atoms with E-state index in [0.717, 1.165) is 5.65 Å². The normalized spacial score (nSPS) is 9.33. The van der Waals surface area contributed by atoms with Crippen LogP contribution in [0.25, 0.3) is 5.65 Å². The smallest absolute Gasteiger partial charge is 0.154 e. The summed E-state index contributed by atoms with van der Waals surface area (Å²) in [4.78, 5) is 3.90. The molecule has 0 saturated carbocycles. The third-order valence-corrected chi connectivity index (χ3v) is 1.18. The van der Waals surface area contributed by atoms with Gasteiger partial charge in [-0.05, 0) is 12.1 Å². The lowest BCUT2D eigenvalue weighted by Crippen LogP contribution is -1.78. The second-order valence-electron chi connectivity index (χ2n) is 1.76. The van der Waals surface area contributed by atoms with Crippen LogP contribution in [-0.4, -0.2) is 9.38 Å². The highest BCUT2D eigenvalue weighted by Crippen LogP contribution is 1.92. The molecule has 2 aromatic heterocycles. The molecule has 0 radical (unpaired) electrons. The molecule has 0 aliphatic heterocycles. The molecule has 0 atom stereocenters. The van der Waals surface area contributed by atoms with E-state index in [1.54, 1.807) is 4.40 Å². The van der Waals surface area contributed by atoms with Crippen LogP contribution in [0.1, 0.15) is 0 Å². The monoisotopic (exact) mass is 116 g/mol. The standard InChI is InChI=1S/C7H4N2/c1-2-5-9-6-4-8-7(9)3-1/h1-3,5H. The highest BCUT2D eigenvalue weighted by atomic mass is 14.9. The lowest BCUT2D eigenvalue weighted by Gasteiger charge is -1.84. The van der Waals surface area contributed by atoms with Crippen molar-refractivity contribution in [2.45, 2.75) is 0 Å². The van der Waals surface area contributed by atoms with Crippen molar-refractivity contribution in [2.75, 3.05) is 0 Å². The molecule has 0 spiro atoms. The Hall–Kier alpha value is -1.49. The first-order valence-electron chi connectivity index (χ1n) is 2.69. The molecule has 0 amide bonds. The van der Waals surface area contributed by atoms with Crippen LogP contribution in [0, 0.1) is 12.4 Å². The average molecular weight is 116 g/mol. The lowest BCUT2D eigenvalue weighted by molar-refractivity contribution is 1.18. The van der Waals surface area contributed by atoms with E-state index in [0.29, 0.717) is 0 Å². The summed E-state index contributed by atoms with van der Waals surface area (Å²) < 4.78 is 1.79. The molecule has 0 unspecified atom stereocenters. The van der Waals surface area contributed by atoms with Crippen molar-refractivity contribution < 1.29 is 0 Å². The van der Waals surface area contributed by atoms with Crippen molar-refractivity contribution in [2.24, 2.45) is 0 Å². The van der Waals surface area contributed by atoms with Gasteiger partial charge in [0.05, 0.1) is 6.20 Å². The van der Waals surface area contributed by atoms with E-state index >= 15 is 0 Å². The van der Waals surface area contributed by atoms with Crippen LogP contribution < -0.4 is 0 Å². The van der Waals surface area contributed by atoms with Crippen LogP contribution in [0.2, 0.25) is 0 Å². The first-order chi connectivity index (χ1) is 4.47. The fourth-order valence-electron chi connectivity index (χ4n) is 0.756. The minimum absolute atomic E-state index is 0.887. The van der Waals surface area contributed by atoms with Crippen LogP contribution in [0.3, 0.4) is 0 Å². The molecule has 42 valence electrons. The lowest BCUT2D eigenvalue weighted by atomic mass is 10.5. The molecule has 0 aliphatic rings. The quantitative estimate of drug-likeness (QED) is 0.500. The van der Waals surface area contributed by atoms with Crippen molar-refractivity contribution in [3.05, 3.63) is 36.8 Å². The van der Waals surface area contributed by atoms with Gasteiger partial charge in [0.1, 0.15) is 0 Å². The second-order valence-corrected chi connectivity index (χ2v) is 1.76. The van der Waals surface area contributed by atoms with E-state index in [2.05, 4.69) is 17.4 Å². The van der Waals surface area contributed by atoms with Crippen LogP contribution in [0.5, 0.6) is 0 Å². The predicted octanol–water partition coefficient (Wildman–Crippen LogP) is 0.935. The van der Waals surface area contributed by atoms with Gasteiger partial charge in [-0.15, -0.1) is 0 Å². The van der Waals surface area contributed by atoms with Gasteiger partial charge in [-0.3, -0.25) is 4.40 Å². The van der Waals surface area contributed by atoms with Crippen LogP contribution in [-0.2, 0) is 0 Å². The molecule has 0 saturated heterocycles. The number of hydrogen-bond acceptors (Lipinski definition) is 1. The number of nitrogens with zero attached hydrogens (tertiary/aromatic N) is 2. The number of fused-ring (bicyclic) bond motifs is 1. The Balaban J connectivity index is 2.95. The van der Waals surface area contributed by atoms with Gasteiger partial charge in [0, 0.05) is 12.4 Å². The van der Waals surface area contributed by atoms with Gasteiger partial charge in [-0.2, -0.15) is 4.98 Å². The van der Waals surface area contributed by atoms with E-state index < -0.39 is 0 Å². The maximum absolute atomic E-state index is 3.90. The molecule has 9 heavy (non-hydrogen) atoms. The summed E-state index contributed by atoms with van der Waals surface area (Å²) in [5.41, 5.74) is 0.887. The summed E-state index contributed by atoms with van der Waals surface area (Å²) >= 11 is 0. The van der Waals surface area contributed by atoms with Gasteiger partial charge >= 0.3 is 0 Å². The van der Waals surface area contributed by atoms with Gasteiger partial charge in [0.15, 0.2) is 5.65 Å². The summed E-state index contributed by atoms with van der Waals surface area (Å²) in [6.45, 7) is 0. The molecule has 0 aliphatic carbocycles. The van der Waals surface area contributed by atoms with E-state index in [1.165, 1.54) is 0 Å². The Labute approximate surface area is 52.8 Å². The topological polar surface area (TPSA) is 17.3 Å². The fourth-order valence-corrected chi connectivity index (χ4v) is 0.756. The molecular weight excluding hydrogens is 112 g/mol. The molecule has 0 N–H and O–H groups in total. The van der Waals surface area contributed by atoms with Crippen LogP contribution in [0.15, 0.2) is 24.4 Å². The largest absolute Gasteiger partial charge is 0.258 e. The molecule has 2 nitrogen and oxygen atoms in total. The Bertz CT molecular complexity index is 281. The molecule has 2 rings (SSSR count). The Kier molecular flexibility index (Phi) is 0.729. The Morgan fingerprint density at radius 1 is 1.44 bits per heavy atom. The van der Waals surface area contributed by atoms with Gasteiger partial charge in [-0.25, -0.2) is 0 Å². The summed E-state index contributed by atoms with van der Waals surface area (Å²) in [7, 11) is 0. The number of hydrogen-bond donors (Lipinski definition) is 0. The van der Waals surface area contributed by atoms with Crippen molar-refractivity contribution in [1.29, 1.82) is 0 Å². The van der Waals surface area contributed by atoms with E-state index in [-0.39, 0.29) is 0 Å². The third-order valence-electron chi connectivity index (χ3n) is 1.18. The SMILES string of the molecule is c1nc2ccccn2c#1. The van der Waals surface area contributed by atoms with Crippen molar-refractivity contribution in [3.63, 3.8) is 0 Å². The zero-order valence-corrected chi connectivity index (χ0v) is 4.70. The summed E-state index contributed by atoms with van der Waals surface area (Å²) in [6, 6.07) is 5.77. The minimum Gasteiger partial charge on any atom is -0.258 e. The molecule has 2 heteroatoms. The summed E-state index contributed by atoms with van der Waals surface area (Å²) in [6.07, 6.45) is 7.31. The second kappa shape index (κ2) is 1.49. The van der Waals surface area contributed by atoms with Gasteiger partial charge in [-0.1, -0.05) is 6.07 Å². The van der Waals surface area contributed by atoms with Crippen LogP contribution >= 0.6 is 0 Å². The first-order valence-corrected chi connectivity index (χ1v) is 2.69. The van der Waals surface area contributed by atoms with E-state index in [9.17, 15) is 0 Å². The fraction of sp³-hybridized carbons (Fsp3) is 0. The Morgan fingerprint density at radius 3 is 3.33 bits per heavy atom. The van der Waals surface area contributed by atoms with Crippen LogP contribution in [0.4, 0.5) is 0 Å². The van der Waals surface area contributed by atoms with Crippen molar-refractivity contribution in [3.8, 4) is 0 Å². The number of aromatic nitrogens is 2.